The highest BCUT2D eigenvalue weighted by Gasteiger charge is 2.24. The number of benzene rings is 1. The molecule has 0 aliphatic rings. The second kappa shape index (κ2) is 6.50. The predicted octanol–water partition coefficient (Wildman–Crippen LogP) is 1.57. The van der Waals surface area contributed by atoms with Crippen LogP contribution >= 0.6 is 0 Å². The first-order valence-corrected chi connectivity index (χ1v) is 8.37. The molecular weight excluding hydrogens is 294 g/mol. The number of nitrogens with zero attached hydrogens (tertiary/aromatic N) is 1. The Morgan fingerprint density at radius 1 is 1.33 bits per heavy atom. The van der Waals surface area contributed by atoms with E-state index in [2.05, 4.69) is 10.0 Å². The number of nitro groups is 1. The van der Waals surface area contributed by atoms with Crippen molar-refractivity contribution < 1.29 is 13.3 Å². The van der Waals surface area contributed by atoms with Crippen LogP contribution in [0, 0.1) is 10.1 Å². The van der Waals surface area contributed by atoms with Crippen molar-refractivity contribution in [2.45, 2.75) is 32.4 Å². The zero-order valence-electron chi connectivity index (χ0n) is 12.6. The Labute approximate surface area is 124 Å². The van der Waals surface area contributed by atoms with Crippen molar-refractivity contribution in [2.75, 3.05) is 12.8 Å². The van der Waals surface area contributed by atoms with E-state index in [-0.39, 0.29) is 11.7 Å². The molecule has 0 bridgehead atoms. The van der Waals surface area contributed by atoms with Crippen molar-refractivity contribution in [3.63, 3.8) is 0 Å². The molecule has 1 atom stereocenters. The molecule has 0 aliphatic carbocycles. The maximum absolute atomic E-state index is 11.3. The minimum Gasteiger partial charge on any atom is -0.308 e. The normalized spacial score (nSPS) is 13.9. The maximum atomic E-state index is 11.3. The molecule has 0 heterocycles. The Balaban J connectivity index is 2.79. The number of hydrogen-bond donors (Lipinski definition) is 2. The third kappa shape index (κ3) is 5.78. The van der Waals surface area contributed by atoms with Crippen LogP contribution in [0.15, 0.2) is 24.3 Å². The summed E-state index contributed by atoms with van der Waals surface area (Å²) in [4.78, 5) is 10.6. The average molecular weight is 315 g/mol. The number of nitro benzene ring substituents is 1. The zero-order valence-corrected chi connectivity index (χ0v) is 13.4. The van der Waals surface area contributed by atoms with Gasteiger partial charge in [-0.25, -0.2) is 13.1 Å². The zero-order chi connectivity index (χ0) is 16.3. The van der Waals surface area contributed by atoms with Crippen LogP contribution in [0.4, 0.5) is 5.69 Å². The van der Waals surface area contributed by atoms with E-state index in [1.54, 1.807) is 39.0 Å². The van der Waals surface area contributed by atoms with Gasteiger partial charge in [0.2, 0.25) is 10.0 Å². The molecule has 21 heavy (non-hydrogen) atoms. The molecule has 7 nitrogen and oxygen atoms in total. The fourth-order valence-electron chi connectivity index (χ4n) is 2.08. The van der Waals surface area contributed by atoms with Crippen LogP contribution in [0.5, 0.6) is 0 Å². The van der Waals surface area contributed by atoms with Gasteiger partial charge in [-0.15, -0.1) is 0 Å². The molecule has 1 aromatic carbocycles. The van der Waals surface area contributed by atoms with E-state index in [0.717, 1.165) is 6.26 Å². The third-order valence-electron chi connectivity index (χ3n) is 2.91. The van der Waals surface area contributed by atoms with E-state index in [9.17, 15) is 18.5 Å². The summed E-state index contributed by atoms with van der Waals surface area (Å²) in [5.74, 6) is 0. The van der Waals surface area contributed by atoms with Gasteiger partial charge in [0.1, 0.15) is 0 Å². The SMILES string of the molecule is CC(NCC(C)(C)NS(C)(=O)=O)c1ccccc1[N+](=O)[O-]. The number of rotatable bonds is 7. The smallest absolute Gasteiger partial charge is 0.274 e. The molecule has 2 N–H and O–H groups in total. The van der Waals surface area contributed by atoms with E-state index in [1.807, 2.05) is 0 Å². The lowest BCUT2D eigenvalue weighted by Crippen LogP contribution is -2.50. The number of para-hydroxylation sites is 1. The molecule has 0 amide bonds. The van der Waals surface area contributed by atoms with Crippen LogP contribution < -0.4 is 10.0 Å². The minimum absolute atomic E-state index is 0.0476. The second-order valence-electron chi connectivity index (χ2n) is 5.68. The fraction of sp³-hybridized carbons (Fsp3) is 0.538. The maximum Gasteiger partial charge on any atom is 0.274 e. The quantitative estimate of drug-likeness (QED) is 0.587. The van der Waals surface area contributed by atoms with Crippen molar-refractivity contribution >= 4 is 15.7 Å². The van der Waals surface area contributed by atoms with E-state index in [0.29, 0.717) is 12.1 Å². The fourth-order valence-corrected chi connectivity index (χ4v) is 3.15. The van der Waals surface area contributed by atoms with Crippen LogP contribution in [-0.4, -0.2) is 31.7 Å². The molecule has 0 radical (unpaired) electrons. The molecule has 0 spiro atoms. The van der Waals surface area contributed by atoms with E-state index < -0.39 is 20.5 Å². The number of nitrogens with one attached hydrogen (secondary N) is 2. The predicted molar refractivity (Wildman–Crippen MR) is 81.6 cm³/mol. The first-order chi connectivity index (χ1) is 9.52. The standard InChI is InChI=1S/C13H21N3O4S/c1-10(11-7-5-6-8-12(11)16(17)18)14-9-13(2,3)15-21(4,19)20/h5-8,10,14-15H,9H2,1-4H3. The van der Waals surface area contributed by atoms with E-state index in [4.69, 9.17) is 0 Å². The molecule has 8 heteroatoms. The highest BCUT2D eigenvalue weighted by atomic mass is 32.2. The van der Waals surface area contributed by atoms with Gasteiger partial charge in [0.15, 0.2) is 0 Å². The first-order valence-electron chi connectivity index (χ1n) is 6.47. The highest BCUT2D eigenvalue weighted by Crippen LogP contribution is 2.24. The van der Waals surface area contributed by atoms with Crippen molar-refractivity contribution in [1.29, 1.82) is 0 Å². The van der Waals surface area contributed by atoms with Crippen LogP contribution in [0.2, 0.25) is 0 Å². The lowest BCUT2D eigenvalue weighted by Gasteiger charge is -2.27. The summed E-state index contributed by atoms with van der Waals surface area (Å²) in [6, 6.07) is 6.22. The molecule has 118 valence electrons. The lowest BCUT2D eigenvalue weighted by molar-refractivity contribution is -0.385. The topological polar surface area (TPSA) is 101 Å². The summed E-state index contributed by atoms with van der Waals surface area (Å²) in [6.07, 6.45) is 1.10. The molecule has 0 fully saturated rings. The monoisotopic (exact) mass is 315 g/mol. The molecule has 1 unspecified atom stereocenters. The first kappa shape index (κ1) is 17.5. The van der Waals surface area contributed by atoms with Gasteiger partial charge in [-0.05, 0) is 20.8 Å². The van der Waals surface area contributed by atoms with Crippen molar-refractivity contribution in [1.82, 2.24) is 10.0 Å². The average Bonchev–Trinajstić information content (AvgIpc) is 2.33. The van der Waals surface area contributed by atoms with Gasteiger partial charge in [-0.2, -0.15) is 0 Å². The van der Waals surface area contributed by atoms with Crippen LogP contribution in [0.3, 0.4) is 0 Å². The van der Waals surface area contributed by atoms with Gasteiger partial charge in [-0.3, -0.25) is 10.1 Å². The summed E-state index contributed by atoms with van der Waals surface area (Å²) in [7, 11) is -3.31. The van der Waals surface area contributed by atoms with Gasteiger partial charge in [-0.1, -0.05) is 18.2 Å². The highest BCUT2D eigenvalue weighted by molar-refractivity contribution is 7.88. The molecular formula is C13H21N3O4S. The summed E-state index contributed by atoms with van der Waals surface area (Å²) >= 11 is 0. The van der Waals surface area contributed by atoms with Gasteiger partial charge in [0.25, 0.3) is 5.69 Å². The van der Waals surface area contributed by atoms with Crippen molar-refractivity contribution in [2.24, 2.45) is 0 Å². The van der Waals surface area contributed by atoms with Gasteiger partial charge >= 0.3 is 0 Å². The summed E-state index contributed by atoms with van der Waals surface area (Å²) in [6.45, 7) is 5.63. The molecule has 0 saturated carbocycles. The van der Waals surface area contributed by atoms with E-state index in [1.165, 1.54) is 6.07 Å². The minimum atomic E-state index is -3.31. The molecule has 1 aromatic rings. The molecule has 0 aliphatic heterocycles. The Morgan fingerprint density at radius 2 is 1.90 bits per heavy atom. The summed E-state index contributed by atoms with van der Waals surface area (Å²) in [5, 5.41) is 14.1. The largest absolute Gasteiger partial charge is 0.308 e. The Hall–Kier alpha value is -1.51. The third-order valence-corrected chi connectivity index (χ3v) is 3.84. The van der Waals surface area contributed by atoms with Crippen LogP contribution in [0.25, 0.3) is 0 Å². The molecule has 0 saturated heterocycles. The summed E-state index contributed by atoms with van der Waals surface area (Å²) in [5.41, 5.74) is -0.0742. The summed E-state index contributed by atoms with van der Waals surface area (Å²) < 4.78 is 25.1. The van der Waals surface area contributed by atoms with Gasteiger partial charge in [0.05, 0.1) is 11.2 Å². The molecule has 1 rings (SSSR count). The van der Waals surface area contributed by atoms with Crippen LogP contribution in [0.1, 0.15) is 32.4 Å². The van der Waals surface area contributed by atoms with Gasteiger partial charge < -0.3 is 5.32 Å². The van der Waals surface area contributed by atoms with Crippen molar-refractivity contribution in [3.05, 3.63) is 39.9 Å². The van der Waals surface area contributed by atoms with E-state index >= 15 is 0 Å². The number of sulfonamides is 1. The Bertz CT molecular complexity index is 614. The molecule has 0 aromatic heterocycles. The van der Waals surface area contributed by atoms with Crippen molar-refractivity contribution in [3.8, 4) is 0 Å². The van der Waals surface area contributed by atoms with Crippen LogP contribution in [-0.2, 0) is 10.0 Å². The lowest BCUT2D eigenvalue weighted by atomic mass is 10.0. The van der Waals surface area contributed by atoms with Gasteiger partial charge in [0, 0.05) is 29.8 Å². The number of hydrogen-bond acceptors (Lipinski definition) is 5. The Morgan fingerprint density at radius 3 is 2.43 bits per heavy atom. The second-order valence-corrected chi connectivity index (χ2v) is 7.43. The Kier molecular flexibility index (Phi) is 5.43.